The van der Waals surface area contributed by atoms with E-state index < -0.39 is 35.1 Å². The molecule has 1 aliphatic heterocycles. The van der Waals surface area contributed by atoms with E-state index in [1.165, 1.54) is 14.2 Å². The summed E-state index contributed by atoms with van der Waals surface area (Å²) in [6.45, 7) is 0.269. The predicted octanol–water partition coefficient (Wildman–Crippen LogP) is 3.40. The molecule has 0 radical (unpaired) electrons. The lowest BCUT2D eigenvalue weighted by atomic mass is 9.70. The van der Waals surface area contributed by atoms with Crippen molar-refractivity contribution >= 4 is 12.3 Å². The lowest BCUT2D eigenvalue weighted by Crippen LogP contribution is -2.52. The van der Waals surface area contributed by atoms with Crippen molar-refractivity contribution in [1.82, 2.24) is 0 Å². The van der Waals surface area contributed by atoms with Crippen LogP contribution in [-0.2, 0) is 20.8 Å². The Labute approximate surface area is 225 Å². The highest BCUT2D eigenvalue weighted by atomic mass is 16.5. The molecule has 3 aromatic rings. The van der Waals surface area contributed by atoms with Gasteiger partial charge in [0, 0.05) is 24.5 Å². The molecule has 1 saturated carbocycles. The van der Waals surface area contributed by atoms with E-state index in [9.17, 15) is 24.9 Å². The van der Waals surface area contributed by atoms with Crippen LogP contribution < -0.4 is 18.9 Å². The highest BCUT2D eigenvalue weighted by Gasteiger charge is 2.78. The Hall–Kier alpha value is -4.08. The minimum Gasteiger partial charge on any atom is -0.497 e. The number of methoxy groups -OCH3 is 2. The second-order valence-electron chi connectivity index (χ2n) is 9.69. The van der Waals surface area contributed by atoms with Gasteiger partial charge in [-0.15, -0.1) is 0 Å². The highest BCUT2D eigenvalue weighted by molar-refractivity contribution is 5.77. The summed E-state index contributed by atoms with van der Waals surface area (Å²) < 4.78 is 23.5. The standard InChI is InChI=1S/C30H30O9/c1-36-20-12-10-19(11-13-20)30-25(18-8-4-3-5-9-18)24(28(33)34)27(32)29(30,35)26-22(37-2)16-21(17-23(26)39-30)38-15-7-6-14-31/h3-5,8-14,16-17,24-25,27,32,35H,6-7,15H2,1-2H3,(H,33,34). The molecule has 1 aliphatic carbocycles. The summed E-state index contributed by atoms with van der Waals surface area (Å²) in [4.78, 5) is 23.4. The van der Waals surface area contributed by atoms with Gasteiger partial charge in [0.2, 0.25) is 0 Å². The Morgan fingerprint density at radius 3 is 2.36 bits per heavy atom. The van der Waals surface area contributed by atoms with Crippen LogP contribution in [0.3, 0.4) is 0 Å². The van der Waals surface area contributed by atoms with Gasteiger partial charge < -0.3 is 39.1 Å². The van der Waals surface area contributed by atoms with E-state index in [4.69, 9.17) is 18.9 Å². The highest BCUT2D eigenvalue weighted by Crippen LogP contribution is 2.70. The van der Waals surface area contributed by atoms with E-state index in [2.05, 4.69) is 0 Å². The number of benzene rings is 3. The van der Waals surface area contributed by atoms with Gasteiger partial charge in [-0.25, -0.2) is 0 Å². The van der Waals surface area contributed by atoms with Crippen LogP contribution in [-0.4, -0.2) is 54.5 Å². The minimum absolute atomic E-state index is 0.137. The van der Waals surface area contributed by atoms with Gasteiger partial charge in [0.05, 0.1) is 32.3 Å². The maximum Gasteiger partial charge on any atom is 0.310 e. The van der Waals surface area contributed by atoms with Crippen molar-refractivity contribution in [2.75, 3.05) is 20.8 Å². The van der Waals surface area contributed by atoms with Crippen LogP contribution in [0.1, 0.15) is 35.4 Å². The fourth-order valence-corrected chi connectivity index (χ4v) is 6.10. The zero-order valence-electron chi connectivity index (χ0n) is 21.6. The number of carbonyl (C=O) groups excluding carboxylic acids is 1. The van der Waals surface area contributed by atoms with Crippen molar-refractivity contribution in [3.8, 4) is 23.0 Å². The quantitative estimate of drug-likeness (QED) is 0.265. The Balaban J connectivity index is 1.76. The summed E-state index contributed by atoms with van der Waals surface area (Å²) in [7, 11) is 2.94. The zero-order valence-corrected chi connectivity index (χ0v) is 21.6. The molecular weight excluding hydrogens is 504 g/mol. The van der Waals surface area contributed by atoms with Crippen LogP contribution in [0.2, 0.25) is 0 Å². The van der Waals surface area contributed by atoms with Gasteiger partial charge in [-0.1, -0.05) is 42.5 Å². The third kappa shape index (κ3) is 3.92. The van der Waals surface area contributed by atoms with E-state index in [1.54, 1.807) is 66.7 Å². The number of ether oxygens (including phenoxy) is 4. The number of aldehydes is 1. The summed E-state index contributed by atoms with van der Waals surface area (Å²) in [6.07, 6.45) is -0.0922. The first-order valence-corrected chi connectivity index (χ1v) is 12.6. The number of carbonyl (C=O) groups is 2. The summed E-state index contributed by atoms with van der Waals surface area (Å²) in [5, 5.41) is 34.7. The van der Waals surface area contributed by atoms with Crippen molar-refractivity contribution in [2.45, 2.75) is 36.1 Å². The van der Waals surface area contributed by atoms with Gasteiger partial charge in [-0.2, -0.15) is 0 Å². The van der Waals surface area contributed by atoms with E-state index in [0.717, 1.165) is 6.29 Å². The SMILES string of the molecule is COc1ccc(C23Oc4cc(OCCCC=O)cc(OC)c4C2(O)C(O)C(C(=O)O)C3c2ccccc2)cc1. The normalized spacial score (nSPS) is 26.7. The average molecular weight is 535 g/mol. The molecule has 204 valence electrons. The number of aliphatic hydroxyl groups excluding tert-OH is 1. The molecule has 1 heterocycles. The van der Waals surface area contributed by atoms with E-state index >= 15 is 0 Å². The smallest absolute Gasteiger partial charge is 0.310 e. The Kier molecular flexibility index (Phi) is 6.96. The number of unbranched alkanes of at least 4 members (excludes halogenated alkanes) is 1. The molecule has 3 aromatic carbocycles. The third-order valence-corrected chi connectivity index (χ3v) is 7.74. The van der Waals surface area contributed by atoms with Gasteiger partial charge in [-0.3, -0.25) is 4.79 Å². The van der Waals surface area contributed by atoms with E-state index in [-0.39, 0.29) is 23.7 Å². The molecule has 0 spiro atoms. The molecule has 9 nitrogen and oxygen atoms in total. The molecule has 9 heteroatoms. The van der Waals surface area contributed by atoms with Gasteiger partial charge in [0.1, 0.15) is 35.4 Å². The van der Waals surface area contributed by atoms with Crippen LogP contribution in [0, 0.1) is 5.92 Å². The van der Waals surface area contributed by atoms with Gasteiger partial charge in [0.15, 0.2) is 11.2 Å². The molecule has 2 aliphatic rings. The number of carboxylic acid groups (broad SMARTS) is 1. The van der Waals surface area contributed by atoms with Gasteiger partial charge >= 0.3 is 5.97 Å². The van der Waals surface area contributed by atoms with Crippen LogP contribution in [0.4, 0.5) is 0 Å². The molecule has 0 saturated heterocycles. The van der Waals surface area contributed by atoms with Crippen LogP contribution >= 0.6 is 0 Å². The first-order chi connectivity index (χ1) is 18.8. The van der Waals surface area contributed by atoms with Crippen molar-refractivity contribution in [1.29, 1.82) is 0 Å². The fourth-order valence-electron chi connectivity index (χ4n) is 6.10. The molecule has 5 atom stereocenters. The number of aliphatic carboxylic acids is 1. The molecule has 5 unspecified atom stereocenters. The number of carboxylic acids is 1. The molecule has 1 fully saturated rings. The second kappa shape index (κ2) is 10.2. The number of aliphatic hydroxyl groups is 2. The molecule has 0 bridgehead atoms. The first kappa shape index (κ1) is 26.5. The van der Waals surface area contributed by atoms with Crippen molar-refractivity contribution < 1.29 is 43.9 Å². The average Bonchev–Trinajstić information content (AvgIpc) is 3.33. The molecule has 5 rings (SSSR count). The van der Waals surface area contributed by atoms with Gasteiger partial charge in [0.25, 0.3) is 0 Å². The Bertz CT molecular complexity index is 1360. The number of rotatable bonds is 10. The topological polar surface area (TPSA) is 132 Å². The molecular formula is C30H30O9. The van der Waals surface area contributed by atoms with E-state index in [0.29, 0.717) is 35.5 Å². The fraction of sp³-hybridized carbons (Fsp3) is 0.333. The maximum absolute atomic E-state index is 12.7. The number of hydrogen-bond donors (Lipinski definition) is 3. The number of fused-ring (bicyclic) bond motifs is 3. The van der Waals surface area contributed by atoms with Crippen molar-refractivity contribution in [3.63, 3.8) is 0 Å². The number of hydrogen-bond acceptors (Lipinski definition) is 8. The Morgan fingerprint density at radius 2 is 1.74 bits per heavy atom. The molecule has 0 amide bonds. The van der Waals surface area contributed by atoms with Crippen molar-refractivity contribution in [3.05, 3.63) is 83.4 Å². The summed E-state index contributed by atoms with van der Waals surface area (Å²) in [5.41, 5.74) is -2.81. The lowest BCUT2D eigenvalue weighted by molar-refractivity contribution is -0.159. The molecule has 3 N–H and O–H groups in total. The molecule has 39 heavy (non-hydrogen) atoms. The summed E-state index contributed by atoms with van der Waals surface area (Å²) in [6, 6.07) is 18.8. The van der Waals surface area contributed by atoms with Crippen LogP contribution in [0.15, 0.2) is 66.7 Å². The van der Waals surface area contributed by atoms with Crippen molar-refractivity contribution in [2.24, 2.45) is 5.92 Å². The third-order valence-electron chi connectivity index (χ3n) is 7.74. The summed E-state index contributed by atoms with van der Waals surface area (Å²) in [5.74, 6) is -2.39. The summed E-state index contributed by atoms with van der Waals surface area (Å²) >= 11 is 0. The Morgan fingerprint density at radius 1 is 1.03 bits per heavy atom. The zero-order chi connectivity index (χ0) is 27.8. The predicted molar refractivity (Wildman–Crippen MR) is 139 cm³/mol. The first-order valence-electron chi connectivity index (χ1n) is 12.6. The largest absolute Gasteiger partial charge is 0.497 e. The van der Waals surface area contributed by atoms with Gasteiger partial charge in [-0.05, 0) is 29.7 Å². The second-order valence-corrected chi connectivity index (χ2v) is 9.69. The minimum atomic E-state index is -2.22. The lowest BCUT2D eigenvalue weighted by Gasteiger charge is -2.40. The van der Waals surface area contributed by atoms with Crippen LogP contribution in [0.5, 0.6) is 23.0 Å². The maximum atomic E-state index is 12.7. The van der Waals surface area contributed by atoms with E-state index in [1.807, 2.05) is 0 Å². The van der Waals surface area contributed by atoms with Crippen LogP contribution in [0.25, 0.3) is 0 Å². The monoisotopic (exact) mass is 534 g/mol. The molecule has 0 aromatic heterocycles.